The van der Waals surface area contributed by atoms with Gasteiger partial charge in [0.25, 0.3) is 0 Å². The van der Waals surface area contributed by atoms with Gasteiger partial charge in [0.1, 0.15) is 22.5 Å². The number of fused-ring (bicyclic) bond motifs is 1. The Hall–Kier alpha value is -2.56. The number of anilines is 1. The number of nitrogens with zero attached hydrogens (tertiary/aromatic N) is 2. The van der Waals surface area contributed by atoms with E-state index in [2.05, 4.69) is 14.9 Å². The number of ether oxygens (including phenoxy) is 1. The molecule has 5 heteroatoms. The fourth-order valence-electron chi connectivity index (χ4n) is 1.74. The van der Waals surface area contributed by atoms with Gasteiger partial charge in [-0.1, -0.05) is 13.8 Å². The second-order valence-corrected chi connectivity index (χ2v) is 4.04. The number of rotatable bonds is 2. The Morgan fingerprint density at radius 1 is 1.00 bits per heavy atom. The zero-order valence-corrected chi connectivity index (χ0v) is 11.8. The minimum Gasteiger partial charge on any atom is -0.457 e. The Bertz CT molecular complexity index is 707. The average Bonchev–Trinajstić information content (AvgIpc) is 2.92. The van der Waals surface area contributed by atoms with E-state index in [0.717, 1.165) is 17.0 Å². The van der Waals surface area contributed by atoms with Crippen LogP contribution in [0.2, 0.25) is 0 Å². The molecule has 3 aromatic rings. The molecule has 0 saturated carbocycles. The van der Waals surface area contributed by atoms with E-state index in [1.165, 1.54) is 0 Å². The van der Waals surface area contributed by atoms with Crippen molar-refractivity contribution in [1.82, 2.24) is 10.3 Å². The summed E-state index contributed by atoms with van der Waals surface area (Å²) in [7, 11) is 0. The molecular weight excluding hydrogens is 254 g/mol. The molecule has 0 atom stereocenters. The molecule has 3 rings (SSSR count). The SMILES string of the molecule is CC.Cc1cc(N)ccc1Oc1ccc2nonc2c1. The molecular formula is C15H17N3O2. The third-order valence-electron chi connectivity index (χ3n) is 2.65. The maximum atomic E-state index is 5.78. The van der Waals surface area contributed by atoms with Crippen LogP contribution in [0, 0.1) is 6.92 Å². The van der Waals surface area contributed by atoms with Crippen molar-refractivity contribution in [3.05, 3.63) is 42.0 Å². The summed E-state index contributed by atoms with van der Waals surface area (Å²) in [5.41, 5.74) is 8.77. The minimum absolute atomic E-state index is 0.667. The number of aromatic nitrogens is 2. The third-order valence-corrected chi connectivity index (χ3v) is 2.65. The van der Waals surface area contributed by atoms with Crippen LogP contribution in [0.3, 0.4) is 0 Å². The normalized spacial score (nSPS) is 9.95. The predicted octanol–water partition coefficient (Wildman–Crippen LogP) is 3.93. The quantitative estimate of drug-likeness (QED) is 0.715. The van der Waals surface area contributed by atoms with Gasteiger partial charge in [0.2, 0.25) is 0 Å². The second kappa shape index (κ2) is 6.06. The summed E-state index contributed by atoms with van der Waals surface area (Å²) >= 11 is 0. The van der Waals surface area contributed by atoms with Crippen molar-refractivity contribution in [2.24, 2.45) is 0 Å². The molecule has 0 aliphatic heterocycles. The lowest BCUT2D eigenvalue weighted by atomic mass is 10.2. The van der Waals surface area contributed by atoms with Crippen LogP contribution in [-0.2, 0) is 0 Å². The van der Waals surface area contributed by atoms with Crippen LogP contribution in [0.25, 0.3) is 11.0 Å². The van der Waals surface area contributed by atoms with E-state index in [1.54, 1.807) is 18.2 Å². The van der Waals surface area contributed by atoms with Gasteiger partial charge >= 0.3 is 0 Å². The first kappa shape index (κ1) is 13.9. The predicted molar refractivity (Wildman–Crippen MR) is 78.8 cm³/mol. The van der Waals surface area contributed by atoms with Gasteiger partial charge < -0.3 is 10.5 Å². The second-order valence-electron chi connectivity index (χ2n) is 4.04. The van der Waals surface area contributed by atoms with Gasteiger partial charge in [0, 0.05) is 11.8 Å². The number of aryl methyl sites for hydroxylation is 1. The van der Waals surface area contributed by atoms with Gasteiger partial charge in [-0.15, -0.1) is 0 Å². The van der Waals surface area contributed by atoms with E-state index in [0.29, 0.717) is 16.8 Å². The van der Waals surface area contributed by atoms with E-state index in [-0.39, 0.29) is 0 Å². The summed E-state index contributed by atoms with van der Waals surface area (Å²) in [5, 5.41) is 7.51. The summed E-state index contributed by atoms with van der Waals surface area (Å²) in [6, 6.07) is 10.9. The molecule has 5 nitrogen and oxygen atoms in total. The molecule has 0 bridgehead atoms. The van der Waals surface area contributed by atoms with Crippen molar-refractivity contribution in [2.75, 3.05) is 5.73 Å². The van der Waals surface area contributed by atoms with E-state index in [4.69, 9.17) is 10.5 Å². The van der Waals surface area contributed by atoms with Gasteiger partial charge in [0.15, 0.2) is 0 Å². The standard InChI is InChI=1S/C13H11N3O2.C2H6/c1-8-6-9(14)2-5-13(8)17-10-3-4-11-12(7-10)16-18-15-11;1-2/h2-7H,14H2,1H3;1-2H3. The van der Waals surface area contributed by atoms with E-state index < -0.39 is 0 Å². The zero-order chi connectivity index (χ0) is 14.5. The lowest BCUT2D eigenvalue weighted by Gasteiger charge is -2.08. The van der Waals surface area contributed by atoms with Crippen LogP contribution in [0.5, 0.6) is 11.5 Å². The highest BCUT2D eigenvalue weighted by atomic mass is 16.6. The number of nitrogen functional groups attached to an aromatic ring is 1. The Labute approximate surface area is 117 Å². The maximum absolute atomic E-state index is 5.78. The molecule has 1 heterocycles. The van der Waals surface area contributed by atoms with Crippen molar-refractivity contribution in [2.45, 2.75) is 20.8 Å². The Kier molecular flexibility index (Phi) is 4.20. The lowest BCUT2D eigenvalue weighted by Crippen LogP contribution is -1.90. The molecule has 0 fully saturated rings. The van der Waals surface area contributed by atoms with Crippen LogP contribution in [0.15, 0.2) is 41.0 Å². The largest absolute Gasteiger partial charge is 0.457 e. The van der Waals surface area contributed by atoms with Gasteiger partial charge in [-0.2, -0.15) is 0 Å². The van der Waals surface area contributed by atoms with Crippen molar-refractivity contribution in [3.63, 3.8) is 0 Å². The summed E-state index contributed by atoms with van der Waals surface area (Å²) in [6.07, 6.45) is 0. The Morgan fingerprint density at radius 2 is 1.75 bits per heavy atom. The van der Waals surface area contributed by atoms with E-state index >= 15 is 0 Å². The van der Waals surface area contributed by atoms with Gasteiger partial charge in [-0.3, -0.25) is 0 Å². The first-order valence-electron chi connectivity index (χ1n) is 6.49. The number of hydrogen-bond acceptors (Lipinski definition) is 5. The topological polar surface area (TPSA) is 74.2 Å². The van der Waals surface area contributed by atoms with Crippen LogP contribution >= 0.6 is 0 Å². The molecule has 0 aliphatic rings. The minimum atomic E-state index is 0.667. The maximum Gasteiger partial charge on any atom is 0.138 e. The van der Waals surface area contributed by atoms with Crippen LogP contribution < -0.4 is 10.5 Å². The fourth-order valence-corrected chi connectivity index (χ4v) is 1.74. The highest BCUT2D eigenvalue weighted by Crippen LogP contribution is 2.27. The number of benzene rings is 2. The molecule has 2 aromatic carbocycles. The smallest absolute Gasteiger partial charge is 0.138 e. The summed E-state index contributed by atoms with van der Waals surface area (Å²) in [6.45, 7) is 5.95. The van der Waals surface area contributed by atoms with Crippen LogP contribution in [0.1, 0.15) is 19.4 Å². The monoisotopic (exact) mass is 271 g/mol. The summed E-state index contributed by atoms with van der Waals surface area (Å²) in [5.74, 6) is 1.45. The van der Waals surface area contributed by atoms with Crippen LogP contribution in [-0.4, -0.2) is 10.3 Å². The first-order valence-corrected chi connectivity index (χ1v) is 6.49. The van der Waals surface area contributed by atoms with Crippen molar-refractivity contribution in [1.29, 1.82) is 0 Å². The van der Waals surface area contributed by atoms with Gasteiger partial charge in [0.05, 0.1) is 0 Å². The molecule has 0 amide bonds. The Balaban J connectivity index is 0.000000704. The van der Waals surface area contributed by atoms with Crippen molar-refractivity contribution >= 4 is 16.7 Å². The van der Waals surface area contributed by atoms with Crippen molar-refractivity contribution < 1.29 is 9.37 Å². The molecule has 0 radical (unpaired) electrons. The summed E-state index contributed by atoms with van der Waals surface area (Å²) < 4.78 is 10.4. The lowest BCUT2D eigenvalue weighted by molar-refractivity contribution is 0.315. The highest BCUT2D eigenvalue weighted by molar-refractivity contribution is 5.74. The van der Waals surface area contributed by atoms with Gasteiger partial charge in [-0.05, 0) is 53.1 Å². The Morgan fingerprint density at radius 3 is 2.50 bits per heavy atom. The molecule has 0 unspecified atom stereocenters. The van der Waals surface area contributed by atoms with Crippen molar-refractivity contribution in [3.8, 4) is 11.5 Å². The van der Waals surface area contributed by atoms with Crippen LogP contribution in [0.4, 0.5) is 5.69 Å². The molecule has 20 heavy (non-hydrogen) atoms. The van der Waals surface area contributed by atoms with Gasteiger partial charge in [-0.25, -0.2) is 4.63 Å². The number of nitrogens with two attached hydrogens (primary N) is 1. The van der Waals surface area contributed by atoms with E-state index in [9.17, 15) is 0 Å². The summed E-state index contributed by atoms with van der Waals surface area (Å²) in [4.78, 5) is 0. The number of hydrogen-bond donors (Lipinski definition) is 1. The molecule has 104 valence electrons. The first-order chi connectivity index (χ1) is 9.72. The molecule has 0 saturated heterocycles. The third kappa shape index (κ3) is 2.88. The fraction of sp³-hybridized carbons (Fsp3) is 0.200. The molecule has 0 spiro atoms. The molecule has 1 aromatic heterocycles. The molecule has 2 N–H and O–H groups in total. The average molecular weight is 271 g/mol. The van der Waals surface area contributed by atoms with E-state index in [1.807, 2.05) is 39.0 Å². The highest BCUT2D eigenvalue weighted by Gasteiger charge is 2.05. The zero-order valence-electron chi connectivity index (χ0n) is 11.8. The molecule has 0 aliphatic carbocycles.